The van der Waals surface area contributed by atoms with E-state index in [0.29, 0.717) is 11.7 Å². The van der Waals surface area contributed by atoms with Gasteiger partial charge in [0, 0.05) is 43.3 Å². The van der Waals surface area contributed by atoms with Gasteiger partial charge in [0.2, 0.25) is 5.91 Å². The summed E-state index contributed by atoms with van der Waals surface area (Å²) in [4.78, 5) is 29.7. The Hall–Kier alpha value is -2.47. The molecule has 1 fully saturated rings. The van der Waals surface area contributed by atoms with Crippen molar-refractivity contribution in [3.05, 3.63) is 42.5 Å². The van der Waals surface area contributed by atoms with Gasteiger partial charge in [0.25, 0.3) is 0 Å². The van der Waals surface area contributed by atoms with Crippen molar-refractivity contribution in [2.75, 3.05) is 24.5 Å². The molecule has 2 aromatic carbocycles. The normalized spacial score (nSPS) is 18.3. The Morgan fingerprint density at radius 3 is 2.68 bits per heavy atom. The van der Waals surface area contributed by atoms with E-state index in [0.717, 1.165) is 43.1 Å². The van der Waals surface area contributed by atoms with Crippen molar-refractivity contribution < 1.29 is 14.3 Å². The SMILES string of the molecule is CC(=O)Oc1ccc2c(c1)Sc1ccccc1N2CC1CCCN(C(C)=O)C1. The predicted octanol–water partition coefficient (Wildman–Crippen LogP) is 4.47. The lowest BCUT2D eigenvalue weighted by Gasteiger charge is -2.39. The van der Waals surface area contributed by atoms with Gasteiger partial charge < -0.3 is 14.5 Å². The molecular weight excluding hydrogens is 372 g/mol. The predicted molar refractivity (Wildman–Crippen MR) is 110 cm³/mol. The van der Waals surface area contributed by atoms with Gasteiger partial charge in [0.05, 0.1) is 11.4 Å². The number of ether oxygens (including phenoxy) is 1. The summed E-state index contributed by atoms with van der Waals surface area (Å²) in [5.74, 6) is 0.837. The zero-order valence-electron chi connectivity index (χ0n) is 16.2. The number of likely N-dealkylation sites (tertiary alicyclic amines) is 1. The summed E-state index contributed by atoms with van der Waals surface area (Å²) in [6.07, 6.45) is 2.17. The quantitative estimate of drug-likeness (QED) is 0.566. The Labute approximate surface area is 169 Å². The van der Waals surface area contributed by atoms with E-state index in [-0.39, 0.29) is 11.9 Å². The van der Waals surface area contributed by atoms with Gasteiger partial charge in [0.15, 0.2) is 0 Å². The first-order valence-corrected chi connectivity index (χ1v) is 10.5. The lowest BCUT2D eigenvalue weighted by Crippen LogP contribution is -2.42. The molecule has 1 saturated heterocycles. The fraction of sp³-hybridized carbons (Fsp3) is 0.364. The highest BCUT2D eigenvalue weighted by Gasteiger charge is 2.29. The third-order valence-corrected chi connectivity index (χ3v) is 6.38. The minimum atomic E-state index is -0.315. The van der Waals surface area contributed by atoms with Gasteiger partial charge in [0.1, 0.15) is 5.75 Å². The standard InChI is InChI=1S/C22H24N2O3S/c1-15(25)23-11-5-6-17(13-23)14-24-19-7-3-4-8-21(19)28-22-12-18(27-16(2)26)9-10-20(22)24/h3-4,7-10,12,17H,5-6,11,13-14H2,1-2H3. The summed E-state index contributed by atoms with van der Waals surface area (Å²) in [5, 5.41) is 0. The molecule has 0 saturated carbocycles. The molecule has 2 aromatic rings. The number of fused-ring (bicyclic) bond motifs is 2. The minimum Gasteiger partial charge on any atom is -0.427 e. The second-order valence-electron chi connectivity index (χ2n) is 7.38. The molecule has 0 N–H and O–H groups in total. The molecule has 1 atom stereocenters. The minimum absolute atomic E-state index is 0.158. The molecule has 2 heterocycles. The van der Waals surface area contributed by atoms with Crippen molar-refractivity contribution in [1.82, 2.24) is 4.90 Å². The lowest BCUT2D eigenvalue weighted by molar-refractivity contribution is -0.132. The van der Waals surface area contributed by atoms with E-state index >= 15 is 0 Å². The number of carbonyl (C=O) groups is 2. The molecule has 1 unspecified atom stereocenters. The first-order chi connectivity index (χ1) is 13.5. The van der Waals surface area contributed by atoms with Crippen molar-refractivity contribution in [2.24, 2.45) is 5.92 Å². The molecule has 2 aliphatic rings. The summed E-state index contributed by atoms with van der Waals surface area (Å²) in [6.45, 7) is 5.60. The maximum Gasteiger partial charge on any atom is 0.308 e. The fourth-order valence-electron chi connectivity index (χ4n) is 4.00. The summed E-state index contributed by atoms with van der Waals surface area (Å²) in [6, 6.07) is 14.2. The van der Waals surface area contributed by atoms with Crippen LogP contribution in [0.3, 0.4) is 0 Å². The molecule has 0 aliphatic carbocycles. The van der Waals surface area contributed by atoms with Crippen LogP contribution in [0.25, 0.3) is 0 Å². The average Bonchev–Trinajstić information content (AvgIpc) is 2.67. The number of nitrogens with zero attached hydrogens (tertiary/aromatic N) is 2. The number of para-hydroxylation sites is 1. The number of benzene rings is 2. The maximum atomic E-state index is 11.8. The molecule has 5 nitrogen and oxygen atoms in total. The van der Waals surface area contributed by atoms with Crippen LogP contribution in [0, 0.1) is 5.92 Å². The van der Waals surface area contributed by atoms with E-state index in [2.05, 4.69) is 23.1 Å². The monoisotopic (exact) mass is 396 g/mol. The Kier molecular flexibility index (Phi) is 5.31. The third-order valence-electron chi connectivity index (χ3n) is 5.26. The van der Waals surface area contributed by atoms with Crippen molar-refractivity contribution in [3.8, 4) is 5.75 Å². The fourth-order valence-corrected chi connectivity index (χ4v) is 5.12. The summed E-state index contributed by atoms with van der Waals surface area (Å²) < 4.78 is 5.28. The largest absolute Gasteiger partial charge is 0.427 e. The number of piperidine rings is 1. The number of rotatable bonds is 3. The molecule has 28 heavy (non-hydrogen) atoms. The molecule has 0 bridgehead atoms. The van der Waals surface area contributed by atoms with Crippen LogP contribution in [0.5, 0.6) is 5.75 Å². The molecule has 6 heteroatoms. The van der Waals surface area contributed by atoms with Crippen LogP contribution < -0.4 is 9.64 Å². The van der Waals surface area contributed by atoms with Gasteiger partial charge in [-0.1, -0.05) is 23.9 Å². The number of hydrogen-bond donors (Lipinski definition) is 0. The molecule has 0 aromatic heterocycles. The molecule has 0 spiro atoms. The Morgan fingerprint density at radius 2 is 1.89 bits per heavy atom. The molecule has 1 amide bonds. The van der Waals surface area contributed by atoms with Crippen LogP contribution in [0.4, 0.5) is 11.4 Å². The first kappa shape index (κ1) is 18.9. The average molecular weight is 397 g/mol. The highest BCUT2D eigenvalue weighted by Crippen LogP contribution is 2.49. The Morgan fingerprint density at radius 1 is 1.11 bits per heavy atom. The van der Waals surface area contributed by atoms with Crippen molar-refractivity contribution in [3.63, 3.8) is 0 Å². The van der Waals surface area contributed by atoms with E-state index in [9.17, 15) is 9.59 Å². The van der Waals surface area contributed by atoms with Gasteiger partial charge in [-0.25, -0.2) is 0 Å². The topological polar surface area (TPSA) is 49.9 Å². The van der Waals surface area contributed by atoms with Crippen molar-refractivity contribution >= 4 is 35.0 Å². The molecule has 146 valence electrons. The third kappa shape index (κ3) is 3.87. The molecule has 4 rings (SSSR count). The van der Waals surface area contributed by atoms with Crippen LogP contribution in [-0.4, -0.2) is 36.4 Å². The highest BCUT2D eigenvalue weighted by molar-refractivity contribution is 7.99. The second kappa shape index (κ2) is 7.87. The van der Waals surface area contributed by atoms with Gasteiger partial charge >= 0.3 is 5.97 Å². The summed E-state index contributed by atoms with van der Waals surface area (Å²) >= 11 is 1.70. The molecule has 0 radical (unpaired) electrons. The summed E-state index contributed by atoms with van der Waals surface area (Å²) in [5.41, 5.74) is 2.32. The lowest BCUT2D eigenvalue weighted by atomic mass is 9.96. The number of anilines is 2. The number of amides is 1. The van der Waals surface area contributed by atoms with Gasteiger partial charge in [-0.15, -0.1) is 0 Å². The maximum absolute atomic E-state index is 11.8. The second-order valence-corrected chi connectivity index (χ2v) is 8.46. The van der Waals surface area contributed by atoms with Crippen LogP contribution in [0.2, 0.25) is 0 Å². The van der Waals surface area contributed by atoms with Gasteiger partial charge in [-0.2, -0.15) is 0 Å². The zero-order chi connectivity index (χ0) is 19.7. The van der Waals surface area contributed by atoms with E-state index in [1.807, 2.05) is 29.2 Å². The van der Waals surface area contributed by atoms with Gasteiger partial charge in [-0.05, 0) is 49.1 Å². The zero-order valence-corrected chi connectivity index (χ0v) is 17.0. The van der Waals surface area contributed by atoms with E-state index in [1.165, 1.54) is 17.5 Å². The van der Waals surface area contributed by atoms with Crippen LogP contribution in [-0.2, 0) is 9.59 Å². The highest BCUT2D eigenvalue weighted by atomic mass is 32.2. The van der Waals surface area contributed by atoms with E-state index < -0.39 is 0 Å². The smallest absolute Gasteiger partial charge is 0.308 e. The van der Waals surface area contributed by atoms with Crippen LogP contribution in [0.15, 0.2) is 52.3 Å². The summed E-state index contributed by atoms with van der Waals surface area (Å²) in [7, 11) is 0. The van der Waals surface area contributed by atoms with Crippen molar-refractivity contribution in [1.29, 1.82) is 0 Å². The Balaban J connectivity index is 1.65. The Bertz CT molecular complexity index is 914. The number of esters is 1. The number of hydrogen-bond acceptors (Lipinski definition) is 5. The van der Waals surface area contributed by atoms with E-state index in [4.69, 9.17) is 4.74 Å². The first-order valence-electron chi connectivity index (χ1n) is 9.63. The van der Waals surface area contributed by atoms with Crippen LogP contribution >= 0.6 is 11.8 Å². The van der Waals surface area contributed by atoms with Crippen LogP contribution in [0.1, 0.15) is 26.7 Å². The van der Waals surface area contributed by atoms with E-state index in [1.54, 1.807) is 18.7 Å². The molecular formula is C22H24N2O3S. The van der Waals surface area contributed by atoms with Crippen molar-refractivity contribution in [2.45, 2.75) is 36.5 Å². The van der Waals surface area contributed by atoms with Gasteiger partial charge in [-0.3, -0.25) is 9.59 Å². The number of carbonyl (C=O) groups excluding carboxylic acids is 2. The molecule has 2 aliphatic heterocycles.